The summed E-state index contributed by atoms with van der Waals surface area (Å²) < 4.78 is 5.27. The summed E-state index contributed by atoms with van der Waals surface area (Å²) in [4.78, 5) is 14.6. The van der Waals surface area contributed by atoms with Crippen LogP contribution in [-0.4, -0.2) is 50.6 Å². The van der Waals surface area contributed by atoms with Crippen LogP contribution in [0.2, 0.25) is 0 Å². The SMILES string of the molecule is COc1ccccc1NC(=O)CN1CCC2(CCNCC2)C1.Cl. The molecule has 2 heterocycles. The molecule has 0 saturated carbocycles. The Morgan fingerprint density at radius 3 is 2.78 bits per heavy atom. The minimum Gasteiger partial charge on any atom is -0.495 e. The Bertz CT molecular complexity index is 532. The highest BCUT2D eigenvalue weighted by Crippen LogP contribution is 2.38. The number of likely N-dealkylation sites (tertiary alicyclic amines) is 1. The number of amides is 1. The standard InChI is InChI=1S/C17H25N3O2.ClH/c1-22-15-5-3-2-4-14(15)19-16(21)12-20-11-8-17(13-20)6-9-18-10-7-17;/h2-5,18H,6-13H2,1H3,(H,19,21);1H. The molecule has 2 fully saturated rings. The van der Waals surface area contributed by atoms with Crippen LogP contribution in [0.1, 0.15) is 19.3 Å². The third kappa shape index (κ3) is 4.37. The summed E-state index contributed by atoms with van der Waals surface area (Å²) in [6, 6.07) is 7.53. The number of carbonyl (C=O) groups is 1. The fourth-order valence-corrected chi connectivity index (χ4v) is 3.67. The molecule has 1 aromatic carbocycles. The van der Waals surface area contributed by atoms with E-state index >= 15 is 0 Å². The zero-order chi connectivity index (χ0) is 15.4. The molecule has 1 spiro atoms. The van der Waals surface area contributed by atoms with Gasteiger partial charge in [-0.25, -0.2) is 0 Å². The zero-order valence-corrected chi connectivity index (χ0v) is 14.5. The fraction of sp³-hybridized carbons (Fsp3) is 0.588. The first-order valence-electron chi connectivity index (χ1n) is 8.07. The third-order valence-electron chi connectivity index (χ3n) is 4.93. The number of piperidine rings is 1. The summed E-state index contributed by atoms with van der Waals surface area (Å²) in [6.45, 7) is 4.77. The van der Waals surface area contributed by atoms with E-state index in [1.165, 1.54) is 19.3 Å². The summed E-state index contributed by atoms with van der Waals surface area (Å²) in [6.07, 6.45) is 3.69. The van der Waals surface area contributed by atoms with Crippen molar-refractivity contribution < 1.29 is 9.53 Å². The fourth-order valence-electron chi connectivity index (χ4n) is 3.67. The van der Waals surface area contributed by atoms with Crippen LogP contribution in [0.15, 0.2) is 24.3 Å². The van der Waals surface area contributed by atoms with Crippen molar-refractivity contribution in [2.45, 2.75) is 19.3 Å². The number of methoxy groups -OCH3 is 1. The van der Waals surface area contributed by atoms with Gasteiger partial charge in [0.2, 0.25) is 5.91 Å². The lowest BCUT2D eigenvalue weighted by atomic mass is 9.78. The predicted octanol–water partition coefficient (Wildman–Crippen LogP) is 2.13. The molecule has 2 aliphatic heterocycles. The average molecular weight is 340 g/mol. The van der Waals surface area contributed by atoms with Gasteiger partial charge in [-0.3, -0.25) is 9.69 Å². The quantitative estimate of drug-likeness (QED) is 0.882. The van der Waals surface area contributed by atoms with E-state index in [4.69, 9.17) is 4.74 Å². The number of halogens is 1. The largest absolute Gasteiger partial charge is 0.495 e. The maximum atomic E-state index is 12.3. The molecular formula is C17H26ClN3O2. The molecule has 2 saturated heterocycles. The van der Waals surface area contributed by atoms with Crippen molar-refractivity contribution in [2.75, 3.05) is 45.2 Å². The van der Waals surface area contributed by atoms with Gasteiger partial charge in [-0.15, -0.1) is 12.4 Å². The molecule has 5 nitrogen and oxygen atoms in total. The Morgan fingerprint density at radius 2 is 2.04 bits per heavy atom. The number of nitrogens with one attached hydrogen (secondary N) is 2. The molecule has 1 amide bonds. The van der Waals surface area contributed by atoms with E-state index in [2.05, 4.69) is 15.5 Å². The number of hydrogen-bond donors (Lipinski definition) is 2. The number of nitrogens with zero attached hydrogens (tertiary/aromatic N) is 1. The van der Waals surface area contributed by atoms with Crippen molar-refractivity contribution >= 4 is 24.0 Å². The predicted molar refractivity (Wildman–Crippen MR) is 94.5 cm³/mol. The Balaban J connectivity index is 0.00000192. The second kappa shape index (κ2) is 7.99. The summed E-state index contributed by atoms with van der Waals surface area (Å²) in [5, 5.41) is 6.39. The molecule has 0 atom stereocenters. The molecule has 3 rings (SSSR count). The highest BCUT2D eigenvalue weighted by atomic mass is 35.5. The lowest BCUT2D eigenvalue weighted by molar-refractivity contribution is -0.117. The maximum absolute atomic E-state index is 12.3. The van der Waals surface area contributed by atoms with Gasteiger partial charge in [0, 0.05) is 6.54 Å². The lowest BCUT2D eigenvalue weighted by Crippen LogP contribution is -2.40. The molecule has 2 aliphatic rings. The van der Waals surface area contributed by atoms with Gasteiger partial charge in [0.25, 0.3) is 0 Å². The molecule has 0 radical (unpaired) electrons. The van der Waals surface area contributed by atoms with E-state index in [0.29, 0.717) is 17.7 Å². The monoisotopic (exact) mass is 339 g/mol. The molecule has 6 heteroatoms. The lowest BCUT2D eigenvalue weighted by Gasteiger charge is -2.33. The summed E-state index contributed by atoms with van der Waals surface area (Å²) >= 11 is 0. The molecule has 0 unspecified atom stereocenters. The van der Waals surface area contributed by atoms with E-state index in [0.717, 1.165) is 31.9 Å². The topological polar surface area (TPSA) is 53.6 Å². The smallest absolute Gasteiger partial charge is 0.238 e. The van der Waals surface area contributed by atoms with Crippen LogP contribution < -0.4 is 15.4 Å². The number of hydrogen-bond acceptors (Lipinski definition) is 4. The van der Waals surface area contributed by atoms with Gasteiger partial charge >= 0.3 is 0 Å². The van der Waals surface area contributed by atoms with Gasteiger partial charge in [0.05, 0.1) is 19.3 Å². The normalized spacial score (nSPS) is 20.0. The molecule has 1 aromatic rings. The van der Waals surface area contributed by atoms with Crippen LogP contribution in [0, 0.1) is 5.41 Å². The Labute approximate surface area is 144 Å². The van der Waals surface area contributed by atoms with E-state index in [9.17, 15) is 4.79 Å². The molecule has 128 valence electrons. The molecule has 0 aliphatic carbocycles. The summed E-state index contributed by atoms with van der Waals surface area (Å²) in [7, 11) is 1.62. The van der Waals surface area contributed by atoms with Crippen LogP contribution in [0.3, 0.4) is 0 Å². The van der Waals surface area contributed by atoms with E-state index in [1.807, 2.05) is 24.3 Å². The Morgan fingerprint density at radius 1 is 1.30 bits per heavy atom. The van der Waals surface area contributed by atoms with Gasteiger partial charge in [0.1, 0.15) is 5.75 Å². The molecule has 0 bridgehead atoms. The first-order chi connectivity index (χ1) is 10.7. The van der Waals surface area contributed by atoms with Crippen molar-refractivity contribution in [3.05, 3.63) is 24.3 Å². The van der Waals surface area contributed by atoms with Gasteiger partial charge in [-0.1, -0.05) is 12.1 Å². The number of ether oxygens (including phenoxy) is 1. The van der Waals surface area contributed by atoms with Crippen LogP contribution in [-0.2, 0) is 4.79 Å². The van der Waals surface area contributed by atoms with Crippen LogP contribution in [0.25, 0.3) is 0 Å². The number of anilines is 1. The second-order valence-electron chi connectivity index (χ2n) is 6.46. The second-order valence-corrected chi connectivity index (χ2v) is 6.46. The first-order valence-corrected chi connectivity index (χ1v) is 8.07. The molecule has 2 N–H and O–H groups in total. The van der Waals surface area contributed by atoms with Crippen LogP contribution >= 0.6 is 12.4 Å². The molecular weight excluding hydrogens is 314 g/mol. The van der Waals surface area contributed by atoms with Gasteiger partial charge in [-0.2, -0.15) is 0 Å². The van der Waals surface area contributed by atoms with E-state index < -0.39 is 0 Å². The van der Waals surface area contributed by atoms with Crippen LogP contribution in [0.5, 0.6) is 5.75 Å². The number of carbonyl (C=O) groups excluding carboxylic acids is 1. The molecule has 0 aromatic heterocycles. The first kappa shape index (κ1) is 18.0. The Kier molecular flexibility index (Phi) is 6.27. The highest BCUT2D eigenvalue weighted by Gasteiger charge is 2.39. The Hall–Kier alpha value is -1.30. The van der Waals surface area contributed by atoms with Gasteiger partial charge in [0.15, 0.2) is 0 Å². The number of benzene rings is 1. The van der Waals surface area contributed by atoms with Crippen LogP contribution in [0.4, 0.5) is 5.69 Å². The maximum Gasteiger partial charge on any atom is 0.238 e. The van der Waals surface area contributed by atoms with E-state index in [-0.39, 0.29) is 18.3 Å². The number of para-hydroxylation sites is 2. The number of rotatable bonds is 4. The highest BCUT2D eigenvalue weighted by molar-refractivity contribution is 5.93. The minimum atomic E-state index is 0. The van der Waals surface area contributed by atoms with Crippen molar-refractivity contribution in [1.29, 1.82) is 0 Å². The summed E-state index contributed by atoms with van der Waals surface area (Å²) in [5.74, 6) is 0.739. The average Bonchev–Trinajstić information content (AvgIpc) is 2.90. The van der Waals surface area contributed by atoms with Crippen molar-refractivity contribution in [3.8, 4) is 5.75 Å². The van der Waals surface area contributed by atoms with Crippen molar-refractivity contribution in [3.63, 3.8) is 0 Å². The minimum absolute atomic E-state index is 0. The van der Waals surface area contributed by atoms with Gasteiger partial charge < -0.3 is 15.4 Å². The molecule has 23 heavy (non-hydrogen) atoms. The van der Waals surface area contributed by atoms with E-state index in [1.54, 1.807) is 7.11 Å². The zero-order valence-electron chi connectivity index (χ0n) is 13.6. The van der Waals surface area contributed by atoms with Crippen molar-refractivity contribution in [2.24, 2.45) is 5.41 Å². The summed E-state index contributed by atoms with van der Waals surface area (Å²) in [5.41, 5.74) is 1.18. The van der Waals surface area contributed by atoms with Crippen molar-refractivity contribution in [1.82, 2.24) is 10.2 Å². The third-order valence-corrected chi connectivity index (χ3v) is 4.93. The van der Waals surface area contributed by atoms with Gasteiger partial charge in [-0.05, 0) is 56.4 Å².